The Kier molecular flexibility index (Phi) is 4.15. The van der Waals surface area contributed by atoms with Gasteiger partial charge in [-0.2, -0.15) is 0 Å². The molecule has 2 aromatic carbocycles. The maximum absolute atomic E-state index is 6.15. The van der Waals surface area contributed by atoms with E-state index in [0.29, 0.717) is 18.0 Å². The molecule has 0 aliphatic heterocycles. The van der Waals surface area contributed by atoms with Crippen molar-refractivity contribution in [2.24, 2.45) is 0 Å². The van der Waals surface area contributed by atoms with Gasteiger partial charge in [0.15, 0.2) is 0 Å². The van der Waals surface area contributed by atoms with Crippen molar-refractivity contribution >= 4 is 33.2 Å². The van der Waals surface area contributed by atoms with Crippen LogP contribution < -0.4 is 10.5 Å². The molecule has 0 unspecified atom stereocenters. The summed E-state index contributed by atoms with van der Waals surface area (Å²) in [6.07, 6.45) is 0. The number of nitrogens with two attached hydrogens (primary N) is 1. The minimum atomic E-state index is 0.418. The highest BCUT2D eigenvalue weighted by Crippen LogP contribution is 2.31. The Labute approximate surface area is 120 Å². The molecule has 0 aliphatic carbocycles. The highest BCUT2D eigenvalue weighted by molar-refractivity contribution is 9.10. The predicted octanol–water partition coefficient (Wildman–Crippen LogP) is 4.57. The lowest BCUT2D eigenvalue weighted by Gasteiger charge is -2.11. The Bertz CT molecular complexity index is 572. The number of benzene rings is 2. The van der Waals surface area contributed by atoms with Gasteiger partial charge in [0.05, 0.1) is 4.47 Å². The van der Waals surface area contributed by atoms with E-state index < -0.39 is 0 Å². The molecule has 2 N–H and O–H groups in total. The van der Waals surface area contributed by atoms with E-state index in [9.17, 15) is 0 Å². The fourth-order valence-electron chi connectivity index (χ4n) is 1.56. The van der Waals surface area contributed by atoms with E-state index in [2.05, 4.69) is 15.9 Å². The van der Waals surface area contributed by atoms with E-state index in [1.165, 1.54) is 0 Å². The summed E-state index contributed by atoms with van der Waals surface area (Å²) in [4.78, 5) is 0. The number of hydrogen-bond acceptors (Lipinski definition) is 2. The zero-order chi connectivity index (χ0) is 13.1. The van der Waals surface area contributed by atoms with Crippen molar-refractivity contribution in [1.29, 1.82) is 0 Å². The third-order valence-electron chi connectivity index (χ3n) is 2.58. The Balaban J connectivity index is 2.14. The SMILES string of the molecule is Cc1ccc(COc2cccc(N)c2Br)c(Cl)c1. The third kappa shape index (κ3) is 2.98. The van der Waals surface area contributed by atoms with Crippen molar-refractivity contribution in [3.05, 3.63) is 57.0 Å². The van der Waals surface area contributed by atoms with Crippen LogP contribution in [-0.2, 0) is 6.61 Å². The van der Waals surface area contributed by atoms with Gasteiger partial charge in [-0.3, -0.25) is 0 Å². The van der Waals surface area contributed by atoms with E-state index >= 15 is 0 Å². The standard InChI is InChI=1S/C14H13BrClNO/c1-9-5-6-10(11(16)7-9)8-18-13-4-2-3-12(17)14(13)15/h2-7H,8,17H2,1H3. The van der Waals surface area contributed by atoms with Crippen molar-refractivity contribution < 1.29 is 4.74 Å². The van der Waals surface area contributed by atoms with Crippen LogP contribution in [0.25, 0.3) is 0 Å². The molecule has 0 saturated heterocycles. The summed E-state index contributed by atoms with van der Waals surface area (Å²) in [5, 5.41) is 0.718. The molecule has 0 amide bonds. The monoisotopic (exact) mass is 325 g/mol. The number of aryl methyl sites for hydroxylation is 1. The lowest BCUT2D eigenvalue weighted by atomic mass is 10.1. The molecular weight excluding hydrogens is 314 g/mol. The van der Waals surface area contributed by atoms with Gasteiger partial charge in [0.1, 0.15) is 12.4 Å². The van der Waals surface area contributed by atoms with Crippen LogP contribution in [0.3, 0.4) is 0 Å². The van der Waals surface area contributed by atoms with Gasteiger partial charge in [0.25, 0.3) is 0 Å². The predicted molar refractivity (Wildman–Crippen MR) is 79.1 cm³/mol. The van der Waals surface area contributed by atoms with Gasteiger partial charge in [-0.05, 0) is 46.6 Å². The molecule has 0 fully saturated rings. The molecule has 2 aromatic rings. The number of rotatable bonds is 3. The number of halogens is 2. The summed E-state index contributed by atoms with van der Waals surface area (Å²) in [6.45, 7) is 2.42. The normalized spacial score (nSPS) is 10.4. The van der Waals surface area contributed by atoms with Crippen LogP contribution in [0.4, 0.5) is 5.69 Å². The molecule has 4 heteroatoms. The van der Waals surface area contributed by atoms with Gasteiger partial charge in [-0.15, -0.1) is 0 Å². The van der Waals surface area contributed by atoms with Crippen LogP contribution in [0.5, 0.6) is 5.75 Å². The molecule has 0 atom stereocenters. The molecule has 0 spiro atoms. The Morgan fingerprint density at radius 3 is 2.78 bits per heavy atom. The second-order valence-electron chi connectivity index (χ2n) is 4.04. The van der Waals surface area contributed by atoms with Crippen molar-refractivity contribution in [2.75, 3.05) is 5.73 Å². The molecule has 0 heterocycles. The first-order valence-electron chi connectivity index (χ1n) is 5.50. The third-order valence-corrected chi connectivity index (χ3v) is 3.79. The van der Waals surface area contributed by atoms with Gasteiger partial charge in [0.2, 0.25) is 0 Å². The number of ether oxygens (including phenoxy) is 1. The molecule has 0 aromatic heterocycles. The van der Waals surface area contributed by atoms with Crippen molar-refractivity contribution in [3.8, 4) is 5.75 Å². The first-order chi connectivity index (χ1) is 8.58. The average Bonchev–Trinajstić information content (AvgIpc) is 2.33. The van der Waals surface area contributed by atoms with E-state index in [4.69, 9.17) is 22.1 Å². The lowest BCUT2D eigenvalue weighted by Crippen LogP contribution is -1.98. The number of nitrogen functional groups attached to an aromatic ring is 1. The van der Waals surface area contributed by atoms with E-state index in [-0.39, 0.29) is 0 Å². The number of anilines is 1. The molecule has 0 radical (unpaired) electrons. The maximum atomic E-state index is 6.15. The molecule has 2 rings (SSSR count). The summed E-state index contributed by atoms with van der Waals surface area (Å²) >= 11 is 9.55. The van der Waals surface area contributed by atoms with Crippen LogP contribution in [-0.4, -0.2) is 0 Å². The summed E-state index contributed by atoms with van der Waals surface area (Å²) in [6, 6.07) is 11.4. The topological polar surface area (TPSA) is 35.2 Å². The second kappa shape index (κ2) is 5.63. The largest absolute Gasteiger partial charge is 0.488 e. The van der Waals surface area contributed by atoms with E-state index in [0.717, 1.165) is 20.6 Å². The van der Waals surface area contributed by atoms with Gasteiger partial charge < -0.3 is 10.5 Å². The first-order valence-corrected chi connectivity index (χ1v) is 6.67. The van der Waals surface area contributed by atoms with Gasteiger partial charge in [-0.1, -0.05) is 29.8 Å². The average molecular weight is 327 g/mol. The van der Waals surface area contributed by atoms with Crippen molar-refractivity contribution in [2.45, 2.75) is 13.5 Å². The van der Waals surface area contributed by atoms with Crippen molar-refractivity contribution in [1.82, 2.24) is 0 Å². The maximum Gasteiger partial charge on any atom is 0.136 e. The van der Waals surface area contributed by atoms with Gasteiger partial charge in [0, 0.05) is 16.3 Å². The molecule has 18 heavy (non-hydrogen) atoms. The van der Waals surface area contributed by atoms with Crippen molar-refractivity contribution in [3.63, 3.8) is 0 Å². The van der Waals surface area contributed by atoms with Crippen LogP contribution in [0.15, 0.2) is 40.9 Å². The molecular formula is C14H13BrClNO. The molecule has 0 saturated carbocycles. The molecule has 2 nitrogen and oxygen atoms in total. The summed E-state index contributed by atoms with van der Waals surface area (Å²) < 4.78 is 6.48. The van der Waals surface area contributed by atoms with E-state index in [1.807, 2.05) is 43.3 Å². The zero-order valence-electron chi connectivity index (χ0n) is 9.91. The summed E-state index contributed by atoms with van der Waals surface area (Å²) in [7, 11) is 0. The van der Waals surface area contributed by atoms with Gasteiger partial charge >= 0.3 is 0 Å². The summed E-state index contributed by atoms with van der Waals surface area (Å²) in [5.74, 6) is 0.714. The highest BCUT2D eigenvalue weighted by atomic mass is 79.9. The lowest BCUT2D eigenvalue weighted by molar-refractivity contribution is 0.304. The first kappa shape index (κ1) is 13.2. The molecule has 0 bridgehead atoms. The fraction of sp³-hybridized carbons (Fsp3) is 0.143. The smallest absolute Gasteiger partial charge is 0.136 e. The quantitative estimate of drug-likeness (QED) is 0.838. The zero-order valence-corrected chi connectivity index (χ0v) is 12.3. The minimum Gasteiger partial charge on any atom is -0.488 e. The Hall–Kier alpha value is -1.19. The van der Waals surface area contributed by atoms with Crippen LogP contribution in [0.2, 0.25) is 5.02 Å². The fourth-order valence-corrected chi connectivity index (χ4v) is 2.23. The minimum absolute atomic E-state index is 0.418. The van der Waals surface area contributed by atoms with Crippen LogP contribution >= 0.6 is 27.5 Å². The number of hydrogen-bond donors (Lipinski definition) is 1. The summed E-state index contributed by atoms with van der Waals surface area (Å²) in [5.41, 5.74) is 8.53. The second-order valence-corrected chi connectivity index (χ2v) is 5.24. The molecule has 0 aliphatic rings. The Morgan fingerprint density at radius 1 is 1.28 bits per heavy atom. The van der Waals surface area contributed by atoms with Gasteiger partial charge in [-0.25, -0.2) is 0 Å². The van der Waals surface area contributed by atoms with E-state index in [1.54, 1.807) is 0 Å². The van der Waals surface area contributed by atoms with Crippen LogP contribution in [0, 0.1) is 6.92 Å². The Morgan fingerprint density at radius 2 is 2.06 bits per heavy atom. The highest BCUT2D eigenvalue weighted by Gasteiger charge is 2.06. The van der Waals surface area contributed by atoms with Crippen LogP contribution in [0.1, 0.15) is 11.1 Å². The molecule has 94 valence electrons.